The Kier molecular flexibility index (Phi) is 2.14. The van der Waals surface area contributed by atoms with Gasteiger partial charge in [-0.3, -0.25) is 4.90 Å². The van der Waals surface area contributed by atoms with E-state index in [4.69, 9.17) is 0 Å². The van der Waals surface area contributed by atoms with Crippen LogP contribution in [0.2, 0.25) is 0 Å². The van der Waals surface area contributed by atoms with E-state index in [0.717, 1.165) is 12.1 Å². The lowest BCUT2D eigenvalue weighted by molar-refractivity contribution is 0.106. The van der Waals surface area contributed by atoms with Gasteiger partial charge in [-0.2, -0.15) is 0 Å². The van der Waals surface area contributed by atoms with Crippen molar-refractivity contribution in [3.63, 3.8) is 0 Å². The van der Waals surface area contributed by atoms with Crippen molar-refractivity contribution < 1.29 is 0 Å². The number of hydrogen-bond donors (Lipinski definition) is 1. The highest BCUT2D eigenvalue weighted by molar-refractivity contribution is 4.88. The lowest BCUT2D eigenvalue weighted by Gasteiger charge is -2.39. The summed E-state index contributed by atoms with van der Waals surface area (Å²) in [7, 11) is 0. The Balaban J connectivity index is 1.82. The van der Waals surface area contributed by atoms with E-state index in [1.54, 1.807) is 0 Å². The minimum atomic E-state index is 0.784. The van der Waals surface area contributed by atoms with Crippen LogP contribution in [0.5, 0.6) is 0 Å². The minimum absolute atomic E-state index is 0.784. The summed E-state index contributed by atoms with van der Waals surface area (Å²) in [5.41, 5.74) is 0. The fourth-order valence-corrected chi connectivity index (χ4v) is 2.13. The summed E-state index contributed by atoms with van der Waals surface area (Å²) in [6, 6.07) is 1.57. The Morgan fingerprint density at radius 1 is 1.36 bits per heavy atom. The highest BCUT2D eigenvalue weighted by Crippen LogP contribution is 2.18. The van der Waals surface area contributed by atoms with E-state index in [0.29, 0.717) is 0 Å². The smallest absolute Gasteiger partial charge is 0.0221 e. The summed E-state index contributed by atoms with van der Waals surface area (Å²) >= 11 is 0. The molecular formula is C9H18N2. The van der Waals surface area contributed by atoms with Gasteiger partial charge in [0.05, 0.1) is 0 Å². The Morgan fingerprint density at radius 3 is 2.64 bits per heavy atom. The predicted molar refractivity (Wildman–Crippen MR) is 46.7 cm³/mol. The van der Waals surface area contributed by atoms with E-state index < -0.39 is 0 Å². The molecule has 2 rings (SSSR count). The molecule has 0 bridgehead atoms. The molecule has 0 aromatic rings. The maximum atomic E-state index is 3.56. The first-order valence-corrected chi connectivity index (χ1v) is 4.85. The predicted octanol–water partition coefficient (Wildman–Crippen LogP) is 0.833. The van der Waals surface area contributed by atoms with Crippen molar-refractivity contribution >= 4 is 0 Å². The molecule has 0 radical (unpaired) electrons. The molecule has 0 spiro atoms. The van der Waals surface area contributed by atoms with E-state index in [-0.39, 0.29) is 0 Å². The molecule has 2 heteroatoms. The van der Waals surface area contributed by atoms with Gasteiger partial charge in [0.1, 0.15) is 0 Å². The van der Waals surface area contributed by atoms with Crippen molar-refractivity contribution in [3.8, 4) is 0 Å². The molecule has 0 aromatic heterocycles. The van der Waals surface area contributed by atoms with Gasteiger partial charge in [0.2, 0.25) is 0 Å². The van der Waals surface area contributed by atoms with Crippen molar-refractivity contribution in [2.24, 2.45) is 0 Å². The summed E-state index contributed by atoms with van der Waals surface area (Å²) in [5, 5.41) is 3.56. The van der Waals surface area contributed by atoms with Crippen LogP contribution in [-0.4, -0.2) is 36.6 Å². The number of rotatable bonds is 2. The highest BCUT2D eigenvalue weighted by Gasteiger charge is 2.28. The van der Waals surface area contributed by atoms with Crippen molar-refractivity contribution in [1.29, 1.82) is 0 Å². The van der Waals surface area contributed by atoms with E-state index in [2.05, 4.69) is 17.1 Å². The van der Waals surface area contributed by atoms with E-state index in [1.165, 1.54) is 38.9 Å². The second kappa shape index (κ2) is 3.11. The number of likely N-dealkylation sites (tertiary alicyclic amines) is 1. The van der Waals surface area contributed by atoms with Crippen molar-refractivity contribution in [3.05, 3.63) is 0 Å². The van der Waals surface area contributed by atoms with Crippen LogP contribution in [0.25, 0.3) is 0 Å². The van der Waals surface area contributed by atoms with Crippen LogP contribution >= 0.6 is 0 Å². The van der Waals surface area contributed by atoms with Gasteiger partial charge in [-0.1, -0.05) is 0 Å². The Hall–Kier alpha value is -0.0800. The maximum absolute atomic E-state index is 3.56. The lowest BCUT2D eigenvalue weighted by atomic mass is 10.0. The molecule has 2 fully saturated rings. The molecule has 2 aliphatic heterocycles. The lowest BCUT2D eigenvalue weighted by Crippen LogP contribution is -2.51. The van der Waals surface area contributed by atoms with Crippen LogP contribution in [0.15, 0.2) is 0 Å². The van der Waals surface area contributed by atoms with Crippen LogP contribution in [0.3, 0.4) is 0 Å². The maximum Gasteiger partial charge on any atom is 0.0221 e. The molecule has 0 saturated carbocycles. The zero-order valence-corrected chi connectivity index (χ0v) is 7.34. The molecule has 1 N–H and O–H groups in total. The summed E-state index contributed by atoms with van der Waals surface area (Å²) in [6.07, 6.45) is 4.18. The first-order chi connectivity index (χ1) is 5.38. The minimum Gasteiger partial charge on any atom is -0.312 e. The Labute approximate surface area is 69.0 Å². The van der Waals surface area contributed by atoms with Gasteiger partial charge in [-0.25, -0.2) is 0 Å². The van der Waals surface area contributed by atoms with Gasteiger partial charge in [0.15, 0.2) is 0 Å². The summed E-state index contributed by atoms with van der Waals surface area (Å²) in [4.78, 5) is 2.59. The van der Waals surface area contributed by atoms with Gasteiger partial charge >= 0.3 is 0 Å². The van der Waals surface area contributed by atoms with E-state index in [9.17, 15) is 0 Å². The standard InChI is InChI=1S/C9H18N2/c1-8(11-6-3-7-11)9-4-2-5-10-9/h8-10H,2-7H2,1H3. The van der Waals surface area contributed by atoms with Crippen LogP contribution in [-0.2, 0) is 0 Å². The molecule has 0 aromatic carbocycles. The summed E-state index contributed by atoms with van der Waals surface area (Å²) < 4.78 is 0. The third kappa shape index (κ3) is 1.42. The largest absolute Gasteiger partial charge is 0.312 e. The monoisotopic (exact) mass is 154 g/mol. The second-order valence-electron chi connectivity index (χ2n) is 3.83. The Bertz CT molecular complexity index is 126. The molecule has 2 heterocycles. The van der Waals surface area contributed by atoms with Crippen LogP contribution < -0.4 is 5.32 Å². The third-order valence-corrected chi connectivity index (χ3v) is 3.15. The molecule has 11 heavy (non-hydrogen) atoms. The average molecular weight is 154 g/mol. The SMILES string of the molecule is CC(C1CCCN1)N1CCC1. The quantitative estimate of drug-likeness (QED) is 0.634. The van der Waals surface area contributed by atoms with Crippen molar-refractivity contribution in [1.82, 2.24) is 10.2 Å². The zero-order valence-electron chi connectivity index (χ0n) is 7.34. The molecule has 64 valence electrons. The van der Waals surface area contributed by atoms with Crippen molar-refractivity contribution in [2.45, 2.75) is 38.3 Å². The molecule has 0 amide bonds. The molecule has 2 unspecified atom stereocenters. The van der Waals surface area contributed by atoms with Crippen LogP contribution in [0, 0.1) is 0 Å². The van der Waals surface area contributed by atoms with Gasteiger partial charge in [0.25, 0.3) is 0 Å². The Morgan fingerprint density at radius 2 is 2.18 bits per heavy atom. The summed E-state index contributed by atoms with van der Waals surface area (Å²) in [5.74, 6) is 0. The third-order valence-electron chi connectivity index (χ3n) is 3.15. The van der Waals surface area contributed by atoms with Crippen LogP contribution in [0.1, 0.15) is 26.2 Å². The van der Waals surface area contributed by atoms with Gasteiger partial charge in [-0.05, 0) is 45.8 Å². The van der Waals surface area contributed by atoms with Gasteiger partial charge < -0.3 is 5.32 Å². The molecular weight excluding hydrogens is 136 g/mol. The zero-order chi connectivity index (χ0) is 7.68. The topological polar surface area (TPSA) is 15.3 Å². The molecule has 2 aliphatic rings. The first kappa shape index (κ1) is 7.56. The first-order valence-electron chi connectivity index (χ1n) is 4.85. The normalized spacial score (nSPS) is 35.2. The van der Waals surface area contributed by atoms with Gasteiger partial charge in [-0.15, -0.1) is 0 Å². The van der Waals surface area contributed by atoms with E-state index >= 15 is 0 Å². The number of hydrogen-bond acceptors (Lipinski definition) is 2. The van der Waals surface area contributed by atoms with Gasteiger partial charge in [0, 0.05) is 12.1 Å². The fourth-order valence-electron chi connectivity index (χ4n) is 2.13. The second-order valence-corrected chi connectivity index (χ2v) is 3.83. The highest BCUT2D eigenvalue weighted by atomic mass is 15.2. The summed E-state index contributed by atoms with van der Waals surface area (Å²) in [6.45, 7) is 6.27. The molecule has 2 atom stereocenters. The molecule has 2 nitrogen and oxygen atoms in total. The molecule has 0 aliphatic carbocycles. The van der Waals surface area contributed by atoms with Crippen molar-refractivity contribution in [2.75, 3.05) is 19.6 Å². The fraction of sp³-hybridized carbons (Fsp3) is 1.00. The van der Waals surface area contributed by atoms with E-state index in [1.807, 2.05) is 0 Å². The average Bonchev–Trinajstić information content (AvgIpc) is 2.32. The molecule has 2 saturated heterocycles. The number of nitrogens with one attached hydrogen (secondary N) is 1. The van der Waals surface area contributed by atoms with Crippen LogP contribution in [0.4, 0.5) is 0 Å². The number of nitrogens with zero attached hydrogens (tertiary/aromatic N) is 1.